The van der Waals surface area contributed by atoms with E-state index < -0.39 is 12.0 Å². The number of carbonyl (C=O) groups excluding carboxylic acids is 2. The molecular weight excluding hydrogens is 568 g/mol. The second-order valence-corrected chi connectivity index (χ2v) is 12.4. The van der Waals surface area contributed by atoms with Gasteiger partial charge in [-0.05, 0) is 80.1 Å². The molecule has 2 amide bonds. The van der Waals surface area contributed by atoms with Gasteiger partial charge in [0.15, 0.2) is 0 Å². The number of cyclic esters (lactones) is 1. The van der Waals surface area contributed by atoms with Crippen molar-refractivity contribution in [1.29, 1.82) is 0 Å². The molecule has 2 aliphatic rings. The fourth-order valence-electron chi connectivity index (χ4n) is 6.74. The Morgan fingerprint density at radius 1 is 1.13 bits per heavy atom. The second kappa shape index (κ2) is 12.6. The smallest absolute Gasteiger partial charge is 0.416 e. The van der Waals surface area contributed by atoms with E-state index in [-0.39, 0.29) is 30.6 Å². The molecule has 236 valence electrons. The van der Waals surface area contributed by atoms with Gasteiger partial charge in [-0.2, -0.15) is 0 Å². The van der Waals surface area contributed by atoms with E-state index in [0.29, 0.717) is 19.6 Å². The summed E-state index contributed by atoms with van der Waals surface area (Å²) in [5.74, 6) is -0.262. The van der Waals surface area contributed by atoms with Crippen molar-refractivity contribution in [3.05, 3.63) is 82.2 Å². The van der Waals surface area contributed by atoms with Crippen LogP contribution >= 0.6 is 0 Å². The van der Waals surface area contributed by atoms with Crippen molar-refractivity contribution in [3.8, 4) is 5.75 Å². The summed E-state index contributed by atoms with van der Waals surface area (Å²) in [7, 11) is 0. The molecule has 0 aliphatic carbocycles. The second-order valence-electron chi connectivity index (χ2n) is 12.4. The molecule has 10 nitrogen and oxygen atoms in total. The van der Waals surface area contributed by atoms with Gasteiger partial charge in [-0.15, -0.1) is 5.10 Å². The third-order valence-corrected chi connectivity index (χ3v) is 9.39. The van der Waals surface area contributed by atoms with E-state index in [0.717, 1.165) is 52.1 Å². The van der Waals surface area contributed by atoms with Crippen LogP contribution in [0.2, 0.25) is 0 Å². The molecule has 0 spiro atoms. The standard InChI is InChI=1S/C35H42N6O4/c1-7-27-18-39(19-29-31(45-27)10-9-15-36-29)17-26-16-25(12-11-21(26)3)32(24(6)34(42)41-22(4)20-44-35(41)43)28-13-14-30-33(23(28)5)37-38-40(30)8-2/h9-16,22,24,27,32H,7-8,17-20H2,1-6H3/t22-,24-,27-,32+/m1/s1. The first-order valence-electron chi connectivity index (χ1n) is 15.9. The highest BCUT2D eigenvalue weighted by molar-refractivity contribution is 5.95. The number of pyridine rings is 1. The zero-order valence-corrected chi connectivity index (χ0v) is 27.0. The first kappa shape index (κ1) is 30.7. The van der Waals surface area contributed by atoms with Gasteiger partial charge in [0.2, 0.25) is 5.91 Å². The Labute approximate surface area is 264 Å². The molecule has 10 heteroatoms. The summed E-state index contributed by atoms with van der Waals surface area (Å²) in [4.78, 5) is 35.0. The lowest BCUT2D eigenvalue weighted by Crippen LogP contribution is -2.42. The summed E-state index contributed by atoms with van der Waals surface area (Å²) in [6.07, 6.45) is 2.20. The van der Waals surface area contributed by atoms with Gasteiger partial charge in [0, 0.05) is 44.2 Å². The first-order chi connectivity index (χ1) is 21.7. The van der Waals surface area contributed by atoms with Crippen molar-refractivity contribution in [3.63, 3.8) is 0 Å². The Hall–Kier alpha value is -4.31. The SMILES string of the molecule is CC[C@@H]1CN(Cc2cc([C@@H](c3ccc4c(nnn4CC)c3C)[C@@H](C)C(=O)N3C(=O)OC[C@H]3C)ccc2C)Cc2ncccc2O1. The number of hydrogen-bond acceptors (Lipinski definition) is 8. The van der Waals surface area contributed by atoms with Gasteiger partial charge in [0.25, 0.3) is 0 Å². The zero-order chi connectivity index (χ0) is 31.8. The van der Waals surface area contributed by atoms with Crippen LogP contribution < -0.4 is 4.74 Å². The maximum absolute atomic E-state index is 14.0. The maximum atomic E-state index is 14.0. The third kappa shape index (κ3) is 5.79. The van der Waals surface area contributed by atoms with Gasteiger partial charge in [-0.25, -0.2) is 14.4 Å². The number of hydrogen-bond donors (Lipinski definition) is 0. The van der Waals surface area contributed by atoms with Crippen LogP contribution in [0.5, 0.6) is 5.75 Å². The number of imide groups is 1. The van der Waals surface area contributed by atoms with Crippen molar-refractivity contribution < 1.29 is 19.1 Å². The fourth-order valence-corrected chi connectivity index (χ4v) is 6.74. The van der Waals surface area contributed by atoms with Gasteiger partial charge >= 0.3 is 6.09 Å². The number of nitrogens with zero attached hydrogens (tertiary/aromatic N) is 6. The minimum Gasteiger partial charge on any atom is -0.487 e. The predicted octanol–water partition coefficient (Wildman–Crippen LogP) is 5.77. The van der Waals surface area contributed by atoms with Crippen LogP contribution in [-0.2, 0) is 29.2 Å². The number of aromatic nitrogens is 4. The summed E-state index contributed by atoms with van der Waals surface area (Å²) in [5, 5.41) is 8.85. The monoisotopic (exact) mass is 610 g/mol. The summed E-state index contributed by atoms with van der Waals surface area (Å²) in [6.45, 7) is 15.2. The summed E-state index contributed by atoms with van der Waals surface area (Å²) >= 11 is 0. The van der Waals surface area contributed by atoms with Gasteiger partial charge in [-0.1, -0.05) is 43.3 Å². The highest BCUT2D eigenvalue weighted by Gasteiger charge is 2.41. The lowest BCUT2D eigenvalue weighted by atomic mass is 9.78. The van der Waals surface area contributed by atoms with E-state index in [1.165, 1.54) is 16.0 Å². The van der Waals surface area contributed by atoms with E-state index >= 15 is 0 Å². The molecule has 6 rings (SSSR count). The van der Waals surface area contributed by atoms with E-state index in [1.807, 2.05) is 56.8 Å². The number of aryl methyl sites for hydroxylation is 3. The molecule has 0 saturated carbocycles. The third-order valence-electron chi connectivity index (χ3n) is 9.39. The molecule has 2 aromatic carbocycles. The molecule has 4 aromatic rings. The van der Waals surface area contributed by atoms with Crippen LogP contribution in [0.3, 0.4) is 0 Å². The minimum absolute atomic E-state index is 0.0671. The van der Waals surface area contributed by atoms with Crippen molar-refractivity contribution in [2.24, 2.45) is 5.92 Å². The highest BCUT2D eigenvalue weighted by Crippen LogP contribution is 2.39. The molecule has 4 heterocycles. The Kier molecular flexibility index (Phi) is 8.59. The van der Waals surface area contributed by atoms with E-state index in [1.54, 1.807) is 0 Å². The Morgan fingerprint density at radius 3 is 2.69 bits per heavy atom. The minimum atomic E-state index is -0.580. The van der Waals surface area contributed by atoms with Crippen LogP contribution in [0, 0.1) is 19.8 Å². The largest absolute Gasteiger partial charge is 0.487 e. The predicted molar refractivity (Wildman–Crippen MR) is 171 cm³/mol. The first-order valence-corrected chi connectivity index (χ1v) is 15.9. The van der Waals surface area contributed by atoms with Gasteiger partial charge < -0.3 is 9.47 Å². The number of amides is 2. The molecule has 2 aromatic heterocycles. The van der Waals surface area contributed by atoms with E-state index in [4.69, 9.17) is 9.47 Å². The number of carbonyl (C=O) groups is 2. The van der Waals surface area contributed by atoms with Crippen molar-refractivity contribution >= 4 is 23.0 Å². The summed E-state index contributed by atoms with van der Waals surface area (Å²) in [5.41, 5.74) is 8.06. The average molecular weight is 611 g/mol. The van der Waals surface area contributed by atoms with Crippen LogP contribution in [0.25, 0.3) is 11.0 Å². The normalized spacial score (nSPS) is 20.0. The molecule has 45 heavy (non-hydrogen) atoms. The number of ether oxygens (including phenoxy) is 2. The summed E-state index contributed by atoms with van der Waals surface area (Å²) in [6, 6.07) is 14.2. The van der Waals surface area contributed by atoms with Crippen LogP contribution in [-0.4, -0.2) is 67.1 Å². The number of rotatable bonds is 8. The van der Waals surface area contributed by atoms with E-state index in [2.05, 4.69) is 58.3 Å². The molecule has 1 saturated heterocycles. The quantitative estimate of drug-likeness (QED) is 0.248. The van der Waals surface area contributed by atoms with Gasteiger partial charge in [0.05, 0.1) is 17.3 Å². The van der Waals surface area contributed by atoms with Gasteiger partial charge in [-0.3, -0.25) is 14.7 Å². The molecular formula is C35H42N6O4. The highest BCUT2D eigenvalue weighted by atomic mass is 16.6. The molecule has 0 unspecified atom stereocenters. The average Bonchev–Trinajstić information content (AvgIpc) is 3.55. The zero-order valence-electron chi connectivity index (χ0n) is 27.0. The molecule has 0 N–H and O–H groups in total. The fraction of sp³-hybridized carbons (Fsp3) is 0.457. The Bertz CT molecular complexity index is 1730. The molecule has 2 aliphatic heterocycles. The number of fused-ring (bicyclic) bond motifs is 2. The molecule has 0 radical (unpaired) electrons. The van der Waals surface area contributed by atoms with E-state index in [9.17, 15) is 9.59 Å². The Balaban J connectivity index is 1.41. The summed E-state index contributed by atoms with van der Waals surface area (Å²) < 4.78 is 13.4. The van der Waals surface area contributed by atoms with Crippen LogP contribution in [0.15, 0.2) is 48.7 Å². The van der Waals surface area contributed by atoms with Crippen LogP contribution in [0.4, 0.5) is 4.79 Å². The van der Waals surface area contributed by atoms with Crippen molar-refractivity contribution in [1.82, 2.24) is 29.8 Å². The lowest BCUT2D eigenvalue weighted by Gasteiger charge is -2.30. The molecule has 1 fully saturated rings. The molecule has 4 atom stereocenters. The topological polar surface area (TPSA) is 103 Å². The lowest BCUT2D eigenvalue weighted by molar-refractivity contribution is -0.133. The van der Waals surface area contributed by atoms with Crippen LogP contribution in [0.1, 0.15) is 73.5 Å². The van der Waals surface area contributed by atoms with Gasteiger partial charge in [0.1, 0.15) is 24.0 Å². The Morgan fingerprint density at radius 2 is 1.96 bits per heavy atom. The van der Waals surface area contributed by atoms with Crippen molar-refractivity contribution in [2.45, 2.75) is 85.7 Å². The van der Waals surface area contributed by atoms with Crippen molar-refractivity contribution in [2.75, 3.05) is 13.2 Å². The molecule has 0 bridgehead atoms. The maximum Gasteiger partial charge on any atom is 0.416 e. The number of benzene rings is 2.